The van der Waals surface area contributed by atoms with E-state index in [9.17, 15) is 4.79 Å². The first kappa shape index (κ1) is 12.0. The van der Waals surface area contributed by atoms with Crippen LogP contribution in [0.25, 0.3) is 0 Å². The summed E-state index contributed by atoms with van der Waals surface area (Å²) in [6.07, 6.45) is 5.20. The molecule has 1 saturated carbocycles. The van der Waals surface area contributed by atoms with Crippen molar-refractivity contribution in [2.45, 2.75) is 44.2 Å². The quantitative estimate of drug-likeness (QED) is 0.828. The summed E-state index contributed by atoms with van der Waals surface area (Å²) in [5.74, 6) is 0.0188. The fourth-order valence-electron chi connectivity index (χ4n) is 2.13. The molecule has 0 aliphatic heterocycles. The molecule has 0 spiro atoms. The number of amides is 1. The molecule has 0 saturated heterocycles. The number of nitrogens with zero attached hydrogens (tertiary/aromatic N) is 1. The first-order valence-electron chi connectivity index (χ1n) is 6.08. The molecule has 3 N–H and O–H groups in total. The fraction of sp³-hybridized carbons (Fsp3) is 0.538. The average molecular weight is 233 g/mol. The van der Waals surface area contributed by atoms with E-state index >= 15 is 0 Å². The molecule has 1 heterocycles. The summed E-state index contributed by atoms with van der Waals surface area (Å²) >= 11 is 0. The van der Waals surface area contributed by atoms with Crippen molar-refractivity contribution in [3.05, 3.63) is 30.1 Å². The summed E-state index contributed by atoms with van der Waals surface area (Å²) < 4.78 is 0. The number of nitrogens with one attached hydrogen (secondary N) is 1. The van der Waals surface area contributed by atoms with E-state index in [0.29, 0.717) is 6.42 Å². The van der Waals surface area contributed by atoms with Crippen LogP contribution in [0.1, 0.15) is 44.3 Å². The number of carbonyl (C=O) groups excluding carboxylic acids is 1. The van der Waals surface area contributed by atoms with Gasteiger partial charge in [-0.15, -0.1) is 0 Å². The van der Waals surface area contributed by atoms with Crippen LogP contribution in [0.2, 0.25) is 0 Å². The number of rotatable bonds is 4. The average Bonchev–Trinajstić information content (AvgIpc) is 2.28. The summed E-state index contributed by atoms with van der Waals surface area (Å²) in [4.78, 5) is 16.0. The van der Waals surface area contributed by atoms with Crippen molar-refractivity contribution in [3.63, 3.8) is 0 Å². The van der Waals surface area contributed by atoms with Crippen LogP contribution in [-0.4, -0.2) is 16.4 Å². The normalized spacial score (nSPS) is 19.2. The van der Waals surface area contributed by atoms with Crippen LogP contribution < -0.4 is 11.1 Å². The van der Waals surface area contributed by atoms with Crippen LogP contribution in [-0.2, 0) is 4.79 Å². The molecule has 92 valence electrons. The highest BCUT2D eigenvalue weighted by atomic mass is 16.1. The van der Waals surface area contributed by atoms with Crippen molar-refractivity contribution in [1.82, 2.24) is 10.3 Å². The minimum absolute atomic E-state index is 0.0188. The third-order valence-corrected chi connectivity index (χ3v) is 3.37. The Kier molecular flexibility index (Phi) is 3.43. The van der Waals surface area contributed by atoms with Gasteiger partial charge in [0.25, 0.3) is 0 Å². The molecule has 0 unspecified atom stereocenters. The van der Waals surface area contributed by atoms with Gasteiger partial charge in [0.15, 0.2) is 0 Å². The van der Waals surface area contributed by atoms with Crippen molar-refractivity contribution in [1.29, 1.82) is 0 Å². The molecule has 1 atom stereocenters. The zero-order chi connectivity index (χ0) is 12.3. The third kappa shape index (κ3) is 3.03. The lowest BCUT2D eigenvalue weighted by Gasteiger charge is -2.37. The molecule has 1 fully saturated rings. The monoisotopic (exact) mass is 233 g/mol. The van der Waals surface area contributed by atoms with E-state index in [0.717, 1.165) is 25.0 Å². The Labute approximate surface area is 102 Å². The minimum Gasteiger partial charge on any atom is -0.348 e. The molecule has 4 nitrogen and oxygen atoms in total. The highest BCUT2D eigenvalue weighted by Gasteiger charge is 2.34. The predicted molar refractivity (Wildman–Crippen MR) is 66.2 cm³/mol. The molecule has 1 aromatic rings. The third-order valence-electron chi connectivity index (χ3n) is 3.37. The molecular weight excluding hydrogens is 214 g/mol. The molecule has 1 aliphatic carbocycles. The Balaban J connectivity index is 1.86. The van der Waals surface area contributed by atoms with E-state index in [4.69, 9.17) is 5.73 Å². The molecule has 4 heteroatoms. The van der Waals surface area contributed by atoms with Gasteiger partial charge in [-0.2, -0.15) is 0 Å². The van der Waals surface area contributed by atoms with Crippen molar-refractivity contribution >= 4 is 5.91 Å². The van der Waals surface area contributed by atoms with Crippen LogP contribution in [0.4, 0.5) is 0 Å². The Hall–Kier alpha value is -1.42. The van der Waals surface area contributed by atoms with Gasteiger partial charge in [0.2, 0.25) is 5.91 Å². The molecule has 17 heavy (non-hydrogen) atoms. The molecule has 1 aromatic heterocycles. The van der Waals surface area contributed by atoms with Gasteiger partial charge in [-0.05, 0) is 38.3 Å². The summed E-state index contributed by atoms with van der Waals surface area (Å²) in [6, 6.07) is 5.63. The first-order chi connectivity index (χ1) is 8.09. The Morgan fingerprint density at radius 2 is 2.35 bits per heavy atom. The van der Waals surface area contributed by atoms with E-state index < -0.39 is 0 Å². The van der Waals surface area contributed by atoms with Gasteiger partial charge in [-0.25, -0.2) is 0 Å². The standard InChI is InChI=1S/C13H19N3O/c1-10(11-5-2-3-8-15-11)16-12(17)9-13(14)6-4-7-13/h2-3,5,8,10H,4,6-7,9,14H2,1H3,(H,16,17)/t10-/m1/s1. The largest absolute Gasteiger partial charge is 0.348 e. The van der Waals surface area contributed by atoms with Gasteiger partial charge in [0, 0.05) is 18.2 Å². The second-order valence-corrected chi connectivity index (χ2v) is 4.94. The van der Waals surface area contributed by atoms with E-state index in [1.165, 1.54) is 0 Å². The summed E-state index contributed by atoms with van der Waals surface area (Å²) in [6.45, 7) is 1.93. The SMILES string of the molecule is C[C@@H](NC(=O)CC1(N)CCC1)c1ccccn1. The van der Waals surface area contributed by atoms with Crippen LogP contribution in [0.15, 0.2) is 24.4 Å². The van der Waals surface area contributed by atoms with E-state index in [1.54, 1.807) is 6.20 Å². The van der Waals surface area contributed by atoms with Crippen LogP contribution in [0, 0.1) is 0 Å². The fourth-order valence-corrected chi connectivity index (χ4v) is 2.13. The van der Waals surface area contributed by atoms with Crippen molar-refractivity contribution in [2.24, 2.45) is 5.73 Å². The maximum absolute atomic E-state index is 11.8. The van der Waals surface area contributed by atoms with Gasteiger partial charge in [0.1, 0.15) is 0 Å². The molecule has 2 rings (SSSR count). The second-order valence-electron chi connectivity index (χ2n) is 4.94. The van der Waals surface area contributed by atoms with Crippen LogP contribution in [0.5, 0.6) is 0 Å². The molecule has 0 aromatic carbocycles. The Morgan fingerprint density at radius 3 is 2.88 bits per heavy atom. The van der Waals surface area contributed by atoms with Crippen molar-refractivity contribution in [3.8, 4) is 0 Å². The second kappa shape index (κ2) is 4.84. The molecule has 0 radical (unpaired) electrons. The first-order valence-corrected chi connectivity index (χ1v) is 6.08. The highest BCUT2D eigenvalue weighted by molar-refractivity contribution is 5.77. The van der Waals surface area contributed by atoms with E-state index in [1.807, 2.05) is 25.1 Å². The number of pyridine rings is 1. The lowest BCUT2D eigenvalue weighted by Crippen LogP contribution is -2.50. The lowest BCUT2D eigenvalue weighted by atomic mass is 9.75. The van der Waals surface area contributed by atoms with Gasteiger partial charge in [-0.3, -0.25) is 9.78 Å². The highest BCUT2D eigenvalue weighted by Crippen LogP contribution is 2.32. The van der Waals surface area contributed by atoms with Crippen LogP contribution in [0.3, 0.4) is 0 Å². The van der Waals surface area contributed by atoms with Gasteiger partial charge in [0.05, 0.1) is 11.7 Å². The minimum atomic E-state index is -0.256. The predicted octanol–water partition coefficient (Wildman–Crippen LogP) is 1.53. The van der Waals surface area contributed by atoms with Gasteiger partial charge < -0.3 is 11.1 Å². The number of aromatic nitrogens is 1. The van der Waals surface area contributed by atoms with E-state index in [2.05, 4.69) is 10.3 Å². The summed E-state index contributed by atoms with van der Waals surface area (Å²) in [5.41, 5.74) is 6.66. The number of hydrogen-bond acceptors (Lipinski definition) is 3. The number of carbonyl (C=O) groups is 1. The summed E-state index contributed by atoms with van der Waals surface area (Å²) in [5, 5.41) is 2.94. The maximum Gasteiger partial charge on any atom is 0.222 e. The molecular formula is C13H19N3O. The van der Waals surface area contributed by atoms with Crippen LogP contribution >= 0.6 is 0 Å². The zero-order valence-electron chi connectivity index (χ0n) is 10.1. The topological polar surface area (TPSA) is 68.0 Å². The van der Waals surface area contributed by atoms with Crippen molar-refractivity contribution < 1.29 is 4.79 Å². The lowest BCUT2D eigenvalue weighted by molar-refractivity contribution is -0.123. The smallest absolute Gasteiger partial charge is 0.222 e. The van der Waals surface area contributed by atoms with Crippen molar-refractivity contribution in [2.75, 3.05) is 0 Å². The molecule has 1 amide bonds. The Bertz CT molecular complexity index is 387. The van der Waals surface area contributed by atoms with E-state index in [-0.39, 0.29) is 17.5 Å². The zero-order valence-corrected chi connectivity index (χ0v) is 10.1. The van der Waals surface area contributed by atoms with Gasteiger partial charge >= 0.3 is 0 Å². The van der Waals surface area contributed by atoms with Gasteiger partial charge in [-0.1, -0.05) is 6.07 Å². The molecule has 1 aliphatic rings. The Morgan fingerprint density at radius 1 is 1.59 bits per heavy atom. The maximum atomic E-state index is 11.8. The molecule has 0 bridgehead atoms. The number of hydrogen-bond donors (Lipinski definition) is 2. The number of nitrogens with two attached hydrogens (primary N) is 1. The summed E-state index contributed by atoms with van der Waals surface area (Å²) in [7, 11) is 0.